The number of rotatable bonds is 6. The van der Waals surface area contributed by atoms with E-state index < -0.39 is 0 Å². The highest BCUT2D eigenvalue weighted by atomic mass is 35.5. The molecule has 2 heterocycles. The number of nitrogens with zero attached hydrogens (tertiary/aromatic N) is 3. The quantitative estimate of drug-likeness (QED) is 0.229. The number of oxime groups is 1. The van der Waals surface area contributed by atoms with Gasteiger partial charge in [-0.2, -0.15) is 9.13 Å². The minimum absolute atomic E-state index is 0. The molecule has 7 nitrogen and oxygen atoms in total. The predicted molar refractivity (Wildman–Crippen MR) is 77.1 cm³/mol. The lowest BCUT2D eigenvalue weighted by Crippen LogP contribution is -3.00. The number of carbonyl (C=O) groups excluding carboxylic acids is 1. The fourth-order valence-corrected chi connectivity index (χ4v) is 1.94. The normalized spacial score (nSPS) is 9.88. The second kappa shape index (κ2) is 11.3. The molecule has 0 spiro atoms. The molecule has 0 aliphatic heterocycles. The van der Waals surface area contributed by atoms with Gasteiger partial charge in [0.1, 0.15) is 6.21 Å². The third-order valence-corrected chi connectivity index (χ3v) is 3.03. The lowest BCUT2D eigenvalue weighted by Gasteiger charge is -2.03. The van der Waals surface area contributed by atoms with Gasteiger partial charge in [0.25, 0.3) is 19.2 Å². The van der Waals surface area contributed by atoms with Gasteiger partial charge < -0.3 is 35.3 Å². The Morgan fingerprint density at radius 3 is 2.46 bits per heavy atom. The predicted octanol–water partition coefficient (Wildman–Crippen LogP) is -5.93. The number of hydrogen-bond donors (Lipinski definition) is 2. The molecule has 0 unspecified atom stereocenters. The van der Waals surface area contributed by atoms with Crippen LogP contribution in [0.1, 0.15) is 16.2 Å². The number of hydrogen-bond acceptors (Lipinski definition) is 4. The van der Waals surface area contributed by atoms with Crippen molar-refractivity contribution in [1.29, 1.82) is 0 Å². The summed E-state index contributed by atoms with van der Waals surface area (Å²) < 4.78 is 9.12. The van der Waals surface area contributed by atoms with Gasteiger partial charge in [-0.15, -0.1) is 0 Å². The summed E-state index contributed by atoms with van der Waals surface area (Å²) in [6.45, 7) is 0.485. The summed E-state index contributed by atoms with van der Waals surface area (Å²) in [6.07, 6.45) is 4.91. The van der Waals surface area contributed by atoms with Crippen LogP contribution < -0.4 is 39.3 Å². The topological polar surface area (TPSA) is 78.7 Å². The van der Waals surface area contributed by atoms with Crippen LogP contribution >= 0.6 is 0 Å². The molecule has 2 aromatic heterocycles. The maximum absolute atomic E-state index is 11.8. The van der Waals surface area contributed by atoms with Crippen molar-refractivity contribution < 1.29 is 48.7 Å². The Hall–Kier alpha value is -2.22. The summed E-state index contributed by atoms with van der Waals surface area (Å²) in [5.41, 5.74) is 1.22. The van der Waals surface area contributed by atoms with E-state index in [1.54, 1.807) is 40.6 Å². The minimum Gasteiger partial charge on any atom is -1.00 e. The molecule has 2 aromatic rings. The van der Waals surface area contributed by atoms with Crippen molar-refractivity contribution in [2.75, 3.05) is 7.05 Å². The van der Waals surface area contributed by atoms with E-state index in [0.29, 0.717) is 11.4 Å². The van der Waals surface area contributed by atoms with E-state index in [1.165, 1.54) is 6.21 Å². The zero-order valence-electron chi connectivity index (χ0n) is 13.0. The van der Waals surface area contributed by atoms with Crippen LogP contribution in [0.2, 0.25) is 0 Å². The fraction of sp³-hybridized carbons (Fsp3) is 0.200. The van der Waals surface area contributed by atoms with Crippen LogP contribution in [-0.2, 0) is 18.2 Å². The Morgan fingerprint density at radius 1 is 1.17 bits per heavy atom. The molecule has 1 amide bonds. The van der Waals surface area contributed by atoms with Crippen molar-refractivity contribution >= 4 is 12.1 Å². The van der Waals surface area contributed by atoms with Crippen molar-refractivity contribution in [2.24, 2.45) is 5.16 Å². The average molecular weight is 373 g/mol. The molecule has 0 radical (unpaired) electrons. The first-order chi connectivity index (χ1) is 10.8. The maximum Gasteiger partial charge on any atom is 0.315 e. The molecular formula is C15H18Cl2N4O3. The van der Waals surface area contributed by atoms with Crippen LogP contribution in [0.15, 0.2) is 53.9 Å². The fourth-order valence-electron chi connectivity index (χ4n) is 1.94. The van der Waals surface area contributed by atoms with Crippen LogP contribution in [0, 0.1) is 0 Å². The molecule has 0 saturated carbocycles. The molecule has 130 valence electrons. The average Bonchev–Trinajstić information content (AvgIpc) is 2.56. The van der Waals surface area contributed by atoms with Crippen LogP contribution in [0.25, 0.3) is 0 Å². The summed E-state index contributed by atoms with van der Waals surface area (Å²) >= 11 is 0. The van der Waals surface area contributed by atoms with Gasteiger partial charge in [-0.05, 0) is 12.1 Å². The molecule has 0 aliphatic carbocycles. The van der Waals surface area contributed by atoms with Crippen molar-refractivity contribution in [2.45, 2.75) is 13.5 Å². The third-order valence-electron chi connectivity index (χ3n) is 3.03. The molecule has 0 fully saturated rings. The van der Waals surface area contributed by atoms with Gasteiger partial charge in [0.2, 0.25) is 5.69 Å². The van der Waals surface area contributed by atoms with Crippen molar-refractivity contribution in [3.63, 3.8) is 0 Å². The number of carbonyl (C=O) groups is 1. The van der Waals surface area contributed by atoms with Gasteiger partial charge in [0.05, 0.1) is 0 Å². The maximum atomic E-state index is 11.8. The first kappa shape index (κ1) is 21.8. The Bertz CT molecular complexity index is 683. The Morgan fingerprint density at radius 2 is 1.79 bits per heavy atom. The van der Waals surface area contributed by atoms with Crippen molar-refractivity contribution in [3.05, 3.63) is 60.2 Å². The first-order valence-electron chi connectivity index (χ1n) is 6.70. The molecule has 0 atom stereocenters. The van der Waals surface area contributed by atoms with E-state index in [9.17, 15) is 4.79 Å². The molecule has 24 heavy (non-hydrogen) atoms. The largest absolute Gasteiger partial charge is 1.00 e. The summed E-state index contributed by atoms with van der Waals surface area (Å²) in [4.78, 5) is 11.8. The highest BCUT2D eigenvalue weighted by Gasteiger charge is 2.17. The van der Waals surface area contributed by atoms with E-state index in [2.05, 4.69) is 10.5 Å². The summed E-state index contributed by atoms with van der Waals surface area (Å²) in [5.74, 6) is -0.176. The highest BCUT2D eigenvalue weighted by Crippen LogP contribution is 1.93. The van der Waals surface area contributed by atoms with Crippen LogP contribution in [0.5, 0.6) is 0 Å². The van der Waals surface area contributed by atoms with E-state index in [-0.39, 0.29) is 44.2 Å². The molecular weight excluding hydrogens is 355 g/mol. The van der Waals surface area contributed by atoms with Gasteiger partial charge in [-0.1, -0.05) is 5.16 Å². The van der Waals surface area contributed by atoms with E-state index >= 15 is 0 Å². The minimum atomic E-state index is -0.176. The lowest BCUT2D eigenvalue weighted by atomic mass is 10.3. The van der Waals surface area contributed by atoms with Gasteiger partial charge in [-0.3, -0.25) is 9.53 Å². The Kier molecular flexibility index (Phi) is 10.3. The Balaban J connectivity index is 0.00000264. The summed E-state index contributed by atoms with van der Waals surface area (Å²) in [5, 5.41) is 14.3. The number of halogens is 2. The highest BCUT2D eigenvalue weighted by molar-refractivity contribution is 5.90. The molecule has 2 rings (SSSR count). The molecule has 9 heteroatoms. The number of aromatic nitrogens is 2. The standard InChI is InChI=1S/C15H16N4O3.2ClH/c1-16-15(20)14-7-3-5-9-19(14)12-22-11-18-8-4-2-6-13(18)10-17-21;;/h2-10H,11-12H2,1H3;2*1H. The number of pyridine rings is 2. The number of nitrogens with one attached hydrogen (secondary N) is 1. The molecule has 0 aliphatic rings. The smallest absolute Gasteiger partial charge is 0.315 e. The first-order valence-corrected chi connectivity index (χ1v) is 6.70. The van der Waals surface area contributed by atoms with Gasteiger partial charge in [0.15, 0.2) is 12.4 Å². The van der Waals surface area contributed by atoms with Crippen LogP contribution in [-0.4, -0.2) is 24.4 Å². The van der Waals surface area contributed by atoms with Crippen molar-refractivity contribution in [3.8, 4) is 0 Å². The van der Waals surface area contributed by atoms with E-state index in [4.69, 9.17) is 9.94 Å². The number of amides is 1. The van der Waals surface area contributed by atoms with Gasteiger partial charge >= 0.3 is 5.91 Å². The molecule has 0 bridgehead atoms. The second-order valence-electron chi connectivity index (χ2n) is 4.44. The van der Waals surface area contributed by atoms with Crippen molar-refractivity contribution in [1.82, 2.24) is 5.32 Å². The lowest BCUT2D eigenvalue weighted by molar-refractivity contribution is -0.789. The van der Waals surface area contributed by atoms with E-state index in [1.807, 2.05) is 24.4 Å². The Labute approximate surface area is 152 Å². The third kappa shape index (κ3) is 5.77. The zero-order chi connectivity index (χ0) is 15.8. The van der Waals surface area contributed by atoms with Gasteiger partial charge in [0, 0.05) is 31.3 Å². The van der Waals surface area contributed by atoms with Crippen LogP contribution in [0.3, 0.4) is 0 Å². The zero-order valence-corrected chi connectivity index (χ0v) is 14.5. The van der Waals surface area contributed by atoms with Gasteiger partial charge in [-0.25, -0.2) is 0 Å². The molecule has 0 aromatic carbocycles. The van der Waals surface area contributed by atoms with E-state index in [0.717, 1.165) is 0 Å². The summed E-state index contributed by atoms with van der Waals surface area (Å²) in [7, 11) is 1.58. The van der Waals surface area contributed by atoms with Crippen LogP contribution in [0.4, 0.5) is 0 Å². The molecule has 0 saturated heterocycles. The summed E-state index contributed by atoms with van der Waals surface area (Å²) in [6, 6.07) is 10.8. The monoisotopic (exact) mass is 372 g/mol. The second-order valence-corrected chi connectivity index (χ2v) is 4.44. The number of ether oxygens (including phenoxy) is 1. The SMILES string of the molecule is CNC(=O)c1cccc[n+]1COC[n+]1ccccc1/C=N/O.[Cl-].[Cl-]. The molecule has 2 N–H and O–H groups in total.